The topological polar surface area (TPSA) is 121 Å². The fraction of sp³-hybridized carbons (Fsp3) is 0.667. The van der Waals surface area contributed by atoms with Gasteiger partial charge in [-0.05, 0) is 89.9 Å². The van der Waals surface area contributed by atoms with Crippen molar-refractivity contribution in [2.75, 3.05) is 47.5 Å². The summed E-state index contributed by atoms with van der Waals surface area (Å²) in [6.07, 6.45) is 48.1. The smallest absolute Gasteiger partial charge is 0.462 e. The van der Waals surface area contributed by atoms with Gasteiger partial charge in [-0.25, -0.2) is 4.57 Å². The zero-order chi connectivity index (χ0) is 43.3. The van der Waals surface area contributed by atoms with Crippen LogP contribution in [0.5, 0.6) is 0 Å². The first-order valence-corrected chi connectivity index (χ1v) is 23.9. The van der Waals surface area contributed by atoms with Gasteiger partial charge in [-0.3, -0.25) is 18.6 Å². The van der Waals surface area contributed by atoms with Crippen LogP contribution in [0.15, 0.2) is 85.1 Å². The van der Waals surface area contributed by atoms with E-state index in [2.05, 4.69) is 92.8 Å². The van der Waals surface area contributed by atoms with Crippen molar-refractivity contribution >= 4 is 19.8 Å². The van der Waals surface area contributed by atoms with Crippen LogP contribution in [-0.4, -0.2) is 87.1 Å². The average Bonchev–Trinajstić information content (AvgIpc) is 3.94. The van der Waals surface area contributed by atoms with Gasteiger partial charge in [-0.15, -0.1) is 0 Å². The number of allylic oxidation sites excluding steroid dienone is 12. The van der Waals surface area contributed by atoms with Crippen LogP contribution in [-0.2, 0) is 37.4 Å². The summed E-state index contributed by atoms with van der Waals surface area (Å²) in [5.41, 5.74) is 0. The fourth-order valence-corrected chi connectivity index (χ4v) is 6.43. The van der Waals surface area contributed by atoms with Gasteiger partial charge < -0.3 is 23.6 Å². The number of epoxide rings is 1. The van der Waals surface area contributed by atoms with E-state index in [9.17, 15) is 19.0 Å². The Morgan fingerprint density at radius 1 is 0.627 bits per heavy atom. The minimum Gasteiger partial charge on any atom is -0.462 e. The van der Waals surface area contributed by atoms with Crippen molar-refractivity contribution in [3.8, 4) is 0 Å². The molecule has 3 unspecified atom stereocenters. The van der Waals surface area contributed by atoms with Crippen molar-refractivity contribution in [1.82, 2.24) is 0 Å². The first-order chi connectivity index (χ1) is 28.5. The molecule has 0 aliphatic carbocycles. The number of phosphoric acid groups is 1. The summed E-state index contributed by atoms with van der Waals surface area (Å²) in [5, 5.41) is 0. The predicted molar refractivity (Wildman–Crippen MR) is 242 cm³/mol. The van der Waals surface area contributed by atoms with Crippen molar-refractivity contribution in [2.24, 2.45) is 0 Å². The Morgan fingerprint density at radius 3 is 1.75 bits per heavy atom. The molecule has 1 saturated heterocycles. The van der Waals surface area contributed by atoms with Crippen LogP contribution in [0, 0.1) is 0 Å². The van der Waals surface area contributed by atoms with Gasteiger partial charge in [0.25, 0.3) is 0 Å². The number of phosphoric ester groups is 1. The highest BCUT2D eigenvalue weighted by atomic mass is 31.2. The second-order valence-corrected chi connectivity index (χ2v) is 17.5. The number of carbonyl (C=O) groups excluding carboxylic acids is 2. The van der Waals surface area contributed by atoms with E-state index >= 15 is 0 Å². The zero-order valence-corrected chi connectivity index (χ0v) is 38.3. The predicted octanol–water partition coefficient (Wildman–Crippen LogP) is 11.8. The van der Waals surface area contributed by atoms with E-state index in [-0.39, 0.29) is 26.1 Å². The summed E-state index contributed by atoms with van der Waals surface area (Å²) in [4.78, 5) is 35.4. The maximum absolute atomic E-state index is 12.7. The van der Waals surface area contributed by atoms with E-state index in [1.807, 2.05) is 27.2 Å². The number of hydrogen-bond acceptors (Lipinski definition) is 8. The van der Waals surface area contributed by atoms with Gasteiger partial charge in [0.2, 0.25) is 0 Å². The van der Waals surface area contributed by atoms with Gasteiger partial charge in [0.1, 0.15) is 19.8 Å². The first kappa shape index (κ1) is 54.2. The Bertz CT molecular complexity index is 1340. The molecule has 1 N–H and O–H groups in total. The van der Waals surface area contributed by atoms with Gasteiger partial charge in [-0.2, -0.15) is 0 Å². The molecule has 0 aromatic heterocycles. The molecule has 4 atom stereocenters. The monoisotopic (exact) mass is 847 g/mol. The lowest BCUT2D eigenvalue weighted by molar-refractivity contribution is -0.870. The molecule has 0 spiro atoms. The van der Waals surface area contributed by atoms with Gasteiger partial charge in [0.15, 0.2) is 6.10 Å². The third-order valence-electron chi connectivity index (χ3n) is 9.31. The standard InChI is InChI=1S/C48H80NO9P/c1-6-8-10-12-14-15-16-17-18-19-20-21-22-23-26-30-34-38-47(50)54-42-44(43-56-59(52,53)55-41-40-49(3,4)5)57-48(51)39-35-31-27-24-25-29-33-37-46-45(58-46)36-32-28-13-11-9-7-2/h8,10,14-15,17-18,20-21,24,27-29,32-33,44-46H,6-7,9,11-13,16,19,22-23,25-26,30-31,34-43H2,1-5H3/p+1/b10-8-,15-14-,18-17-,21-20-,27-24-,32-28-,33-29-/t44-,45?,46?/m1/s1. The molecule has 0 aromatic carbocycles. The van der Waals surface area contributed by atoms with Crippen LogP contribution >= 0.6 is 7.82 Å². The number of hydrogen-bond donors (Lipinski definition) is 1. The SMILES string of the molecule is CC/C=C\C/C=C\C/C=C\C/C=C\CCCCCCC(=O)OC[C@H](COP(=O)(O)OCC[N+](C)(C)C)OC(=O)CCC/C=C\C/C=C\CC1OC1C/C=C\CCCCC. The highest BCUT2D eigenvalue weighted by molar-refractivity contribution is 7.47. The van der Waals surface area contributed by atoms with Crippen LogP contribution in [0.3, 0.4) is 0 Å². The summed E-state index contributed by atoms with van der Waals surface area (Å²) in [5.74, 6) is -0.907. The number of likely N-dealkylation sites (N-methyl/N-ethyl adjacent to an activating group) is 1. The Hall–Kier alpha value is -2.85. The molecule has 0 bridgehead atoms. The Labute approximate surface area is 358 Å². The van der Waals surface area contributed by atoms with Crippen LogP contribution in [0.4, 0.5) is 0 Å². The normalized spacial score (nSPS) is 17.8. The Balaban J connectivity index is 2.35. The minimum absolute atomic E-state index is 0.00991. The molecular weight excluding hydrogens is 765 g/mol. The molecule has 11 heteroatoms. The van der Waals surface area contributed by atoms with Gasteiger partial charge in [-0.1, -0.05) is 125 Å². The number of ether oxygens (including phenoxy) is 3. The number of nitrogens with zero attached hydrogens (tertiary/aromatic N) is 1. The lowest BCUT2D eigenvalue weighted by atomic mass is 10.1. The minimum atomic E-state index is -4.41. The van der Waals surface area contributed by atoms with Crippen LogP contribution in [0.2, 0.25) is 0 Å². The zero-order valence-electron chi connectivity index (χ0n) is 37.4. The van der Waals surface area contributed by atoms with Crippen molar-refractivity contribution in [3.63, 3.8) is 0 Å². The fourth-order valence-electron chi connectivity index (χ4n) is 5.68. The van der Waals surface area contributed by atoms with Crippen LogP contribution < -0.4 is 0 Å². The molecule has 0 saturated carbocycles. The summed E-state index contributed by atoms with van der Waals surface area (Å²) < 4.78 is 40.0. The molecule has 1 aliphatic rings. The number of unbranched alkanes of at least 4 members (excludes halogenated alkanes) is 8. The quantitative estimate of drug-likeness (QED) is 0.0162. The largest absolute Gasteiger partial charge is 0.472 e. The van der Waals surface area contributed by atoms with E-state index in [1.54, 1.807) is 0 Å². The molecule has 1 rings (SSSR count). The maximum Gasteiger partial charge on any atom is 0.472 e. The first-order valence-electron chi connectivity index (χ1n) is 22.4. The van der Waals surface area contributed by atoms with E-state index < -0.39 is 32.5 Å². The number of carbonyl (C=O) groups is 2. The third-order valence-corrected chi connectivity index (χ3v) is 10.3. The summed E-state index contributed by atoms with van der Waals surface area (Å²) in [6.45, 7) is 4.15. The molecule has 1 heterocycles. The van der Waals surface area contributed by atoms with Gasteiger partial charge in [0.05, 0.1) is 40.0 Å². The van der Waals surface area contributed by atoms with Crippen molar-refractivity contribution in [1.29, 1.82) is 0 Å². The molecule has 10 nitrogen and oxygen atoms in total. The molecule has 1 aliphatic heterocycles. The van der Waals surface area contributed by atoms with E-state index in [1.165, 1.54) is 19.3 Å². The van der Waals surface area contributed by atoms with Crippen LogP contribution in [0.1, 0.15) is 142 Å². The molecule has 336 valence electrons. The number of esters is 2. The van der Waals surface area contributed by atoms with E-state index in [0.29, 0.717) is 42.5 Å². The van der Waals surface area contributed by atoms with Gasteiger partial charge >= 0.3 is 19.8 Å². The van der Waals surface area contributed by atoms with E-state index in [0.717, 1.165) is 77.0 Å². The summed E-state index contributed by atoms with van der Waals surface area (Å²) in [7, 11) is 1.40. The Morgan fingerprint density at radius 2 is 1.14 bits per heavy atom. The number of rotatable bonds is 38. The lowest BCUT2D eigenvalue weighted by Gasteiger charge is -2.24. The lowest BCUT2D eigenvalue weighted by Crippen LogP contribution is -2.37. The average molecular weight is 847 g/mol. The van der Waals surface area contributed by atoms with Crippen molar-refractivity contribution < 1.29 is 46.8 Å². The Kier molecular flexibility index (Phi) is 32.9. The van der Waals surface area contributed by atoms with Crippen molar-refractivity contribution in [2.45, 2.75) is 161 Å². The summed E-state index contributed by atoms with van der Waals surface area (Å²) in [6, 6.07) is 0. The van der Waals surface area contributed by atoms with Crippen LogP contribution in [0.25, 0.3) is 0 Å². The molecule has 0 radical (unpaired) electrons. The highest BCUT2D eigenvalue weighted by Gasteiger charge is 2.36. The highest BCUT2D eigenvalue weighted by Crippen LogP contribution is 2.43. The summed E-state index contributed by atoms with van der Waals surface area (Å²) >= 11 is 0. The number of quaternary nitrogens is 1. The molecule has 59 heavy (non-hydrogen) atoms. The molecule has 0 amide bonds. The maximum atomic E-state index is 12.7. The molecule has 0 aromatic rings. The van der Waals surface area contributed by atoms with Crippen molar-refractivity contribution in [3.05, 3.63) is 85.1 Å². The molecule has 1 fully saturated rings. The molecular formula is C48H81NO9P+. The second kappa shape index (κ2) is 35.9. The second-order valence-electron chi connectivity index (χ2n) is 16.1. The third kappa shape index (κ3) is 36.7. The van der Waals surface area contributed by atoms with E-state index in [4.69, 9.17) is 23.3 Å². The van der Waals surface area contributed by atoms with Gasteiger partial charge in [0, 0.05) is 12.8 Å².